The molecule has 0 bridgehead atoms. The lowest BCUT2D eigenvalue weighted by molar-refractivity contribution is -0.384. The highest BCUT2D eigenvalue weighted by molar-refractivity contribution is 7.92. The van der Waals surface area contributed by atoms with E-state index in [2.05, 4.69) is 15.0 Å². The number of nitrogens with one attached hydrogen (secondary N) is 2. The van der Waals surface area contributed by atoms with E-state index in [0.29, 0.717) is 15.2 Å². The number of sulfonamides is 1. The number of nitro benzene ring substituents is 1. The van der Waals surface area contributed by atoms with Crippen molar-refractivity contribution in [3.05, 3.63) is 81.4 Å². The third-order valence-electron chi connectivity index (χ3n) is 4.62. The fourth-order valence-electron chi connectivity index (χ4n) is 2.99. The molecule has 1 heterocycles. The van der Waals surface area contributed by atoms with Gasteiger partial charge in [0.05, 0.1) is 27.7 Å². The van der Waals surface area contributed by atoms with Gasteiger partial charge in [0.2, 0.25) is 0 Å². The van der Waals surface area contributed by atoms with E-state index in [1.165, 1.54) is 67.8 Å². The molecule has 4 aromatic rings. The molecule has 174 valence electrons. The number of nitro groups is 1. The van der Waals surface area contributed by atoms with E-state index in [4.69, 9.17) is 16.3 Å². The maximum absolute atomic E-state index is 12.6. The van der Waals surface area contributed by atoms with Gasteiger partial charge in [-0.1, -0.05) is 22.9 Å². The van der Waals surface area contributed by atoms with Crippen molar-refractivity contribution in [2.45, 2.75) is 4.90 Å². The number of carbonyl (C=O) groups excluding carboxylic acids is 1. The number of amides is 1. The number of hydrogen-bond acceptors (Lipinski definition) is 8. The Kier molecular flexibility index (Phi) is 6.37. The highest BCUT2D eigenvalue weighted by atomic mass is 35.5. The Labute approximate surface area is 202 Å². The second-order valence-corrected chi connectivity index (χ2v) is 10.0. The number of rotatable bonds is 7. The number of fused-ring (bicyclic) bond motifs is 1. The molecule has 0 fully saturated rings. The fraction of sp³-hybridized carbons (Fsp3) is 0.0476. The van der Waals surface area contributed by atoms with Crippen molar-refractivity contribution >= 4 is 65.6 Å². The highest BCUT2D eigenvalue weighted by Gasteiger charge is 2.18. The van der Waals surface area contributed by atoms with Crippen LogP contribution in [-0.4, -0.2) is 31.3 Å². The zero-order chi connectivity index (χ0) is 24.5. The van der Waals surface area contributed by atoms with Gasteiger partial charge in [-0.25, -0.2) is 13.4 Å². The van der Waals surface area contributed by atoms with Gasteiger partial charge in [0.15, 0.2) is 10.9 Å². The van der Waals surface area contributed by atoms with Crippen molar-refractivity contribution in [1.82, 2.24) is 4.98 Å². The van der Waals surface area contributed by atoms with Gasteiger partial charge in [0, 0.05) is 22.3 Å². The van der Waals surface area contributed by atoms with Crippen molar-refractivity contribution in [3.8, 4) is 5.75 Å². The molecule has 1 amide bonds. The first-order valence-electron chi connectivity index (χ1n) is 9.49. The predicted molar refractivity (Wildman–Crippen MR) is 129 cm³/mol. The maximum atomic E-state index is 12.6. The van der Waals surface area contributed by atoms with E-state index in [-0.39, 0.29) is 32.7 Å². The summed E-state index contributed by atoms with van der Waals surface area (Å²) in [6.07, 6.45) is 0. The number of hydrogen-bond donors (Lipinski definition) is 2. The van der Waals surface area contributed by atoms with Crippen molar-refractivity contribution in [3.63, 3.8) is 0 Å². The lowest BCUT2D eigenvalue weighted by Gasteiger charge is -2.09. The fourth-order valence-corrected chi connectivity index (χ4v) is 5.08. The van der Waals surface area contributed by atoms with Crippen LogP contribution < -0.4 is 14.8 Å². The van der Waals surface area contributed by atoms with Gasteiger partial charge in [-0.05, 0) is 48.5 Å². The summed E-state index contributed by atoms with van der Waals surface area (Å²) in [6.45, 7) is 0. The predicted octanol–water partition coefficient (Wildman–Crippen LogP) is 4.92. The lowest BCUT2D eigenvalue weighted by Crippen LogP contribution is -2.14. The van der Waals surface area contributed by atoms with Gasteiger partial charge in [-0.3, -0.25) is 24.9 Å². The van der Waals surface area contributed by atoms with E-state index >= 15 is 0 Å². The molecule has 0 atom stereocenters. The Balaban J connectivity index is 1.50. The van der Waals surface area contributed by atoms with Gasteiger partial charge in [-0.15, -0.1) is 0 Å². The number of non-ortho nitro benzene ring substituents is 1. The Bertz CT molecular complexity index is 1500. The average molecular weight is 519 g/mol. The van der Waals surface area contributed by atoms with Crippen molar-refractivity contribution in [2.75, 3.05) is 17.1 Å². The molecule has 0 aliphatic heterocycles. The SMILES string of the molecule is COc1cc([N+](=O)[O-])cc2sc(NC(=O)c3ccc(NS(=O)(=O)c4ccc(Cl)cc4)cc3)nc12. The van der Waals surface area contributed by atoms with Gasteiger partial charge >= 0.3 is 0 Å². The van der Waals surface area contributed by atoms with Crippen LogP contribution >= 0.6 is 22.9 Å². The number of nitrogens with zero attached hydrogens (tertiary/aromatic N) is 2. The van der Waals surface area contributed by atoms with Crippen LogP contribution in [0.15, 0.2) is 65.6 Å². The molecule has 3 aromatic carbocycles. The second kappa shape index (κ2) is 9.25. The smallest absolute Gasteiger partial charge is 0.274 e. The van der Waals surface area contributed by atoms with Gasteiger partial charge in [0.25, 0.3) is 21.6 Å². The minimum atomic E-state index is -3.82. The normalized spacial score (nSPS) is 11.2. The third-order valence-corrected chi connectivity index (χ3v) is 7.19. The number of halogens is 1. The molecular weight excluding hydrogens is 504 g/mol. The third kappa shape index (κ3) is 4.93. The minimum absolute atomic E-state index is 0.0465. The molecule has 2 N–H and O–H groups in total. The van der Waals surface area contributed by atoms with Crippen molar-refractivity contribution in [1.29, 1.82) is 0 Å². The number of carbonyl (C=O) groups is 1. The standard InChI is InChI=1S/C21H15ClN4O6S2/c1-32-17-10-15(26(28)29)11-18-19(17)23-21(33-18)24-20(27)12-2-6-14(7-3-12)25-34(30,31)16-8-4-13(22)5-9-16/h2-11,25H,1H3,(H,23,24,27). The minimum Gasteiger partial charge on any atom is -0.494 e. The average Bonchev–Trinajstić information content (AvgIpc) is 3.21. The Morgan fingerprint density at radius 1 is 1.12 bits per heavy atom. The number of methoxy groups -OCH3 is 1. The summed E-state index contributed by atoms with van der Waals surface area (Å²) in [6, 6.07) is 14.1. The maximum Gasteiger partial charge on any atom is 0.274 e. The summed E-state index contributed by atoms with van der Waals surface area (Å²) in [5.41, 5.74) is 0.762. The summed E-state index contributed by atoms with van der Waals surface area (Å²) >= 11 is 6.86. The summed E-state index contributed by atoms with van der Waals surface area (Å²) in [7, 11) is -2.45. The van der Waals surface area contributed by atoms with E-state index in [1.54, 1.807) is 0 Å². The van der Waals surface area contributed by atoms with Crippen LogP contribution in [0.4, 0.5) is 16.5 Å². The molecule has 0 aliphatic carbocycles. The van der Waals surface area contributed by atoms with Crippen LogP contribution in [0.25, 0.3) is 10.2 Å². The topological polar surface area (TPSA) is 141 Å². The lowest BCUT2D eigenvalue weighted by atomic mass is 10.2. The molecule has 0 spiro atoms. The van der Waals surface area contributed by atoms with Crippen LogP contribution in [0.2, 0.25) is 5.02 Å². The van der Waals surface area contributed by atoms with E-state index in [9.17, 15) is 23.3 Å². The zero-order valence-corrected chi connectivity index (χ0v) is 19.7. The Morgan fingerprint density at radius 3 is 2.41 bits per heavy atom. The Hall–Kier alpha value is -3.74. The van der Waals surface area contributed by atoms with E-state index in [0.717, 1.165) is 11.3 Å². The number of anilines is 2. The molecule has 0 radical (unpaired) electrons. The number of thiazole rings is 1. The first kappa shape index (κ1) is 23.4. The molecule has 10 nitrogen and oxygen atoms in total. The van der Waals surface area contributed by atoms with Gasteiger partial charge in [-0.2, -0.15) is 0 Å². The summed E-state index contributed by atoms with van der Waals surface area (Å²) in [5, 5.41) is 14.4. The first-order valence-corrected chi connectivity index (χ1v) is 12.2. The molecule has 34 heavy (non-hydrogen) atoms. The molecule has 0 saturated heterocycles. The van der Waals surface area contributed by atoms with Crippen LogP contribution in [0.1, 0.15) is 10.4 Å². The first-order chi connectivity index (χ1) is 16.2. The second-order valence-electron chi connectivity index (χ2n) is 6.86. The number of benzene rings is 3. The highest BCUT2D eigenvalue weighted by Crippen LogP contribution is 2.36. The van der Waals surface area contributed by atoms with Crippen LogP contribution in [0.3, 0.4) is 0 Å². The zero-order valence-electron chi connectivity index (χ0n) is 17.3. The van der Waals surface area contributed by atoms with Crippen LogP contribution in [-0.2, 0) is 10.0 Å². The number of ether oxygens (including phenoxy) is 1. The van der Waals surface area contributed by atoms with E-state index < -0.39 is 20.9 Å². The van der Waals surface area contributed by atoms with Gasteiger partial charge in [0.1, 0.15) is 5.52 Å². The van der Waals surface area contributed by atoms with Crippen LogP contribution in [0, 0.1) is 10.1 Å². The molecule has 13 heteroatoms. The van der Waals surface area contributed by atoms with Gasteiger partial charge < -0.3 is 4.74 Å². The van der Waals surface area contributed by atoms with Crippen molar-refractivity contribution in [2.24, 2.45) is 0 Å². The molecule has 0 unspecified atom stereocenters. The Morgan fingerprint density at radius 2 is 1.79 bits per heavy atom. The number of aromatic nitrogens is 1. The monoisotopic (exact) mass is 518 g/mol. The van der Waals surface area contributed by atoms with Crippen molar-refractivity contribution < 1.29 is 22.9 Å². The summed E-state index contributed by atoms with van der Waals surface area (Å²) in [4.78, 5) is 27.5. The molecular formula is C21H15ClN4O6S2. The molecule has 4 rings (SSSR count). The quantitative estimate of drug-likeness (QED) is 0.261. The summed E-state index contributed by atoms with van der Waals surface area (Å²) in [5.74, 6) is -0.266. The molecule has 0 saturated carbocycles. The van der Waals surface area contributed by atoms with Crippen LogP contribution in [0.5, 0.6) is 5.75 Å². The molecule has 0 aliphatic rings. The summed E-state index contributed by atoms with van der Waals surface area (Å²) < 4.78 is 33.1. The largest absolute Gasteiger partial charge is 0.494 e. The molecule has 1 aromatic heterocycles. The van der Waals surface area contributed by atoms with E-state index in [1.807, 2.05) is 0 Å².